The molecule has 34 heavy (non-hydrogen) atoms. The molecule has 2 aromatic carbocycles. The Bertz CT molecular complexity index is 1570. The average molecular weight is 449 g/mol. The normalized spacial score (nSPS) is 15.2. The smallest absolute Gasteiger partial charge is 0.278 e. The summed E-state index contributed by atoms with van der Waals surface area (Å²) in [6, 6.07) is 20.1. The molecule has 0 radical (unpaired) electrons. The highest BCUT2D eigenvalue weighted by atomic mass is 16.3. The number of amidine groups is 1. The number of hydrogen-bond acceptors (Lipinski definition) is 3. The first-order valence-electron chi connectivity index (χ1n) is 11.5. The van der Waals surface area contributed by atoms with Gasteiger partial charge in [-0.05, 0) is 49.2 Å². The maximum atomic E-state index is 13.5. The van der Waals surface area contributed by atoms with Crippen molar-refractivity contribution in [3.8, 4) is 0 Å². The van der Waals surface area contributed by atoms with Gasteiger partial charge in [-0.1, -0.05) is 36.4 Å². The van der Waals surface area contributed by atoms with Crippen LogP contribution in [0.2, 0.25) is 0 Å². The van der Waals surface area contributed by atoms with Crippen LogP contribution in [-0.2, 0) is 17.8 Å². The van der Waals surface area contributed by atoms with Crippen LogP contribution >= 0.6 is 0 Å². The Hall–Kier alpha value is -4.32. The first-order valence-corrected chi connectivity index (χ1v) is 11.5. The summed E-state index contributed by atoms with van der Waals surface area (Å²) in [5.41, 5.74) is 4.82. The predicted octanol–water partition coefficient (Wildman–Crippen LogP) is 5.61. The minimum Gasteiger partial charge on any atom is -0.461 e. The lowest BCUT2D eigenvalue weighted by Crippen LogP contribution is -2.34. The second-order valence-electron chi connectivity index (χ2n) is 8.40. The van der Waals surface area contributed by atoms with Gasteiger partial charge in [-0.25, -0.2) is 4.99 Å². The van der Waals surface area contributed by atoms with E-state index in [1.165, 1.54) is 10.9 Å². The average Bonchev–Trinajstić information content (AvgIpc) is 3.65. The van der Waals surface area contributed by atoms with Gasteiger partial charge in [0.2, 0.25) is 0 Å². The Morgan fingerprint density at radius 1 is 1.03 bits per heavy atom. The lowest BCUT2D eigenvalue weighted by Gasteiger charge is -2.16. The Morgan fingerprint density at radius 3 is 2.68 bits per heavy atom. The number of carbonyl (C=O) groups is 1. The molecule has 5 aromatic rings. The number of aryl methyl sites for hydroxylation is 1. The van der Waals surface area contributed by atoms with Crippen molar-refractivity contribution < 1.29 is 9.21 Å². The maximum Gasteiger partial charge on any atom is 0.278 e. The molecule has 6 nitrogen and oxygen atoms in total. The lowest BCUT2D eigenvalue weighted by molar-refractivity contribution is -0.122. The van der Waals surface area contributed by atoms with Crippen LogP contribution in [-0.4, -0.2) is 32.7 Å². The largest absolute Gasteiger partial charge is 0.461 e. The number of aromatic amines is 1. The molecule has 6 rings (SSSR count). The van der Waals surface area contributed by atoms with Crippen molar-refractivity contribution in [1.29, 1.82) is 0 Å². The number of fused-ring (bicyclic) bond motifs is 2. The molecule has 0 saturated heterocycles. The zero-order valence-electron chi connectivity index (χ0n) is 18.9. The molecule has 168 valence electrons. The second kappa shape index (κ2) is 8.23. The number of hydrogen-bond donors (Lipinski definition) is 1. The summed E-state index contributed by atoms with van der Waals surface area (Å²) in [6.45, 7) is 3.48. The van der Waals surface area contributed by atoms with Crippen molar-refractivity contribution >= 4 is 39.6 Å². The number of amides is 1. The summed E-state index contributed by atoms with van der Waals surface area (Å²) in [4.78, 5) is 23.3. The molecule has 0 unspecified atom stereocenters. The van der Waals surface area contributed by atoms with E-state index >= 15 is 0 Å². The number of rotatable bonds is 6. The van der Waals surface area contributed by atoms with Crippen molar-refractivity contribution in [3.63, 3.8) is 0 Å². The number of para-hydroxylation sites is 2. The van der Waals surface area contributed by atoms with Crippen LogP contribution in [0.1, 0.15) is 23.8 Å². The molecule has 4 heterocycles. The number of furan rings is 1. The maximum absolute atomic E-state index is 13.5. The van der Waals surface area contributed by atoms with Crippen molar-refractivity contribution in [2.45, 2.75) is 19.9 Å². The molecule has 0 spiro atoms. The number of H-pyrrole nitrogens is 1. The Balaban J connectivity index is 1.36. The van der Waals surface area contributed by atoms with E-state index in [0.29, 0.717) is 30.3 Å². The van der Waals surface area contributed by atoms with E-state index in [9.17, 15) is 4.79 Å². The molecule has 6 heteroatoms. The van der Waals surface area contributed by atoms with Gasteiger partial charge in [-0.15, -0.1) is 0 Å². The molecule has 0 bridgehead atoms. The fourth-order valence-corrected chi connectivity index (χ4v) is 4.72. The highest BCUT2D eigenvalue weighted by molar-refractivity contribution is 6.19. The molecule has 1 aliphatic rings. The van der Waals surface area contributed by atoms with Gasteiger partial charge in [0, 0.05) is 52.9 Å². The summed E-state index contributed by atoms with van der Waals surface area (Å²) >= 11 is 0. The van der Waals surface area contributed by atoms with Crippen molar-refractivity contribution in [2.24, 2.45) is 4.99 Å². The van der Waals surface area contributed by atoms with Crippen molar-refractivity contribution in [2.75, 3.05) is 6.54 Å². The summed E-state index contributed by atoms with van der Waals surface area (Å²) in [5, 5.41) is 2.28. The zero-order valence-corrected chi connectivity index (χ0v) is 18.9. The number of nitrogens with zero attached hydrogens (tertiary/aromatic N) is 3. The van der Waals surface area contributed by atoms with Crippen LogP contribution in [0.3, 0.4) is 0 Å². The summed E-state index contributed by atoms with van der Waals surface area (Å²) < 4.78 is 7.82. The van der Waals surface area contributed by atoms with Crippen LogP contribution in [0.5, 0.6) is 0 Å². The number of nitrogens with one attached hydrogen (secondary N) is 1. The quantitative estimate of drug-likeness (QED) is 0.343. The van der Waals surface area contributed by atoms with Crippen LogP contribution in [0, 0.1) is 0 Å². The Morgan fingerprint density at radius 2 is 1.85 bits per heavy atom. The summed E-state index contributed by atoms with van der Waals surface area (Å²) in [6.07, 6.45) is 8.31. The number of carbonyl (C=O) groups excluding carboxylic acids is 1. The van der Waals surface area contributed by atoms with E-state index in [4.69, 9.17) is 9.41 Å². The van der Waals surface area contributed by atoms with Gasteiger partial charge in [0.05, 0.1) is 6.26 Å². The van der Waals surface area contributed by atoms with E-state index in [-0.39, 0.29) is 5.91 Å². The van der Waals surface area contributed by atoms with Crippen LogP contribution < -0.4 is 0 Å². The van der Waals surface area contributed by atoms with Gasteiger partial charge in [0.25, 0.3) is 5.91 Å². The van der Waals surface area contributed by atoms with Gasteiger partial charge >= 0.3 is 0 Å². The van der Waals surface area contributed by atoms with Crippen LogP contribution in [0.4, 0.5) is 0 Å². The minimum atomic E-state index is -0.112. The first-order chi connectivity index (χ1) is 16.7. The molecule has 0 aliphatic carbocycles. The molecule has 1 aliphatic heterocycles. The summed E-state index contributed by atoms with van der Waals surface area (Å²) in [7, 11) is 0. The van der Waals surface area contributed by atoms with E-state index in [2.05, 4.69) is 46.9 Å². The molecule has 0 fully saturated rings. The van der Waals surface area contributed by atoms with Gasteiger partial charge < -0.3 is 14.0 Å². The third-order valence-corrected chi connectivity index (χ3v) is 6.42. The zero-order chi connectivity index (χ0) is 23.1. The van der Waals surface area contributed by atoms with E-state index in [1.54, 1.807) is 11.2 Å². The Kier molecular flexibility index (Phi) is 4.91. The first kappa shape index (κ1) is 20.3. The highest BCUT2D eigenvalue weighted by Gasteiger charge is 2.32. The predicted molar refractivity (Wildman–Crippen MR) is 135 cm³/mol. The minimum absolute atomic E-state index is 0.112. The van der Waals surface area contributed by atoms with Gasteiger partial charge in [-0.2, -0.15) is 0 Å². The number of benzene rings is 2. The lowest BCUT2D eigenvalue weighted by atomic mass is 10.1. The molecule has 0 saturated carbocycles. The third kappa shape index (κ3) is 3.35. The van der Waals surface area contributed by atoms with Crippen molar-refractivity contribution in [1.82, 2.24) is 14.5 Å². The number of aromatic nitrogens is 2. The van der Waals surface area contributed by atoms with Gasteiger partial charge in [-0.3, -0.25) is 9.69 Å². The molecule has 1 amide bonds. The standard InChI is InChI=1S/C28H24N4O2/c1-2-31-18-20(22-9-4-6-11-25(22)31)16-24-28(33)32(27(30-24)26-12-7-15-34-26)14-13-19-17-29-23-10-5-3-8-21(19)23/h3-12,15-18,29H,2,13-14H2,1H3/b24-16-. The topological polar surface area (TPSA) is 66.5 Å². The molecule has 3 aromatic heterocycles. The fourth-order valence-electron chi connectivity index (χ4n) is 4.72. The fraction of sp³-hybridized carbons (Fsp3) is 0.143. The second-order valence-corrected chi connectivity index (χ2v) is 8.40. The van der Waals surface area contributed by atoms with E-state index in [1.807, 2.05) is 48.7 Å². The van der Waals surface area contributed by atoms with E-state index in [0.717, 1.165) is 28.5 Å². The summed E-state index contributed by atoms with van der Waals surface area (Å²) in [5.74, 6) is 1.03. The number of aliphatic imine (C=N–C) groups is 1. The van der Waals surface area contributed by atoms with Gasteiger partial charge in [0.1, 0.15) is 5.70 Å². The Labute approximate surface area is 196 Å². The molecule has 1 N–H and O–H groups in total. The van der Waals surface area contributed by atoms with Crippen LogP contribution in [0.25, 0.3) is 27.9 Å². The van der Waals surface area contributed by atoms with E-state index < -0.39 is 0 Å². The molecular formula is C28H24N4O2. The van der Waals surface area contributed by atoms with Crippen molar-refractivity contribution in [3.05, 3.63) is 102 Å². The molecule has 0 atom stereocenters. The van der Waals surface area contributed by atoms with Crippen LogP contribution in [0.15, 0.2) is 94.4 Å². The monoisotopic (exact) mass is 448 g/mol. The molecular weight excluding hydrogens is 424 g/mol. The third-order valence-electron chi connectivity index (χ3n) is 6.42. The SMILES string of the molecule is CCn1cc(/C=C2\N=C(c3ccco3)N(CCc3c[nH]c4ccccc34)C2=O)c2ccccc21. The van der Waals surface area contributed by atoms with Gasteiger partial charge in [0.15, 0.2) is 11.6 Å². The highest BCUT2D eigenvalue weighted by Crippen LogP contribution is 2.28.